The van der Waals surface area contributed by atoms with Crippen LogP contribution in [0.3, 0.4) is 0 Å². The maximum atomic E-state index is 14.9. The third kappa shape index (κ3) is 5.11. The van der Waals surface area contributed by atoms with Gasteiger partial charge in [0, 0.05) is 12.6 Å². The summed E-state index contributed by atoms with van der Waals surface area (Å²) in [6, 6.07) is 12.8. The maximum Gasteiger partial charge on any atom is 0.243 e. The van der Waals surface area contributed by atoms with E-state index in [4.69, 9.17) is 0 Å². The van der Waals surface area contributed by atoms with Crippen LogP contribution in [0, 0.1) is 12.7 Å². The molecule has 2 heterocycles. The van der Waals surface area contributed by atoms with Crippen LogP contribution in [0.25, 0.3) is 0 Å². The van der Waals surface area contributed by atoms with E-state index in [2.05, 4.69) is 10.3 Å². The first kappa shape index (κ1) is 23.2. The van der Waals surface area contributed by atoms with Crippen molar-refractivity contribution in [2.24, 2.45) is 0 Å². The van der Waals surface area contributed by atoms with Gasteiger partial charge in [-0.05, 0) is 48.4 Å². The smallest absolute Gasteiger partial charge is 0.243 e. The van der Waals surface area contributed by atoms with E-state index < -0.39 is 24.2 Å². The summed E-state index contributed by atoms with van der Waals surface area (Å²) < 4.78 is 30.9. The largest absolute Gasteiger partial charge is 0.343 e. The van der Waals surface area contributed by atoms with Crippen LogP contribution in [-0.2, 0) is 16.1 Å². The van der Waals surface area contributed by atoms with Crippen molar-refractivity contribution in [3.8, 4) is 0 Å². The van der Waals surface area contributed by atoms with Crippen molar-refractivity contribution in [3.05, 3.63) is 89.3 Å². The molecule has 5 rings (SSSR count). The molecule has 1 saturated carbocycles. The molecule has 182 valence electrons. The maximum absolute atomic E-state index is 14.9. The minimum Gasteiger partial charge on any atom is -0.343 e. The zero-order valence-corrected chi connectivity index (χ0v) is 19.5. The average Bonchev–Trinajstić information content (AvgIpc) is 3.49. The lowest BCUT2D eigenvalue weighted by atomic mass is 9.96. The van der Waals surface area contributed by atoms with E-state index >= 15 is 0 Å². The lowest BCUT2D eigenvalue weighted by Gasteiger charge is -2.27. The van der Waals surface area contributed by atoms with Crippen molar-refractivity contribution in [2.45, 2.75) is 56.9 Å². The number of benzene rings is 2. The van der Waals surface area contributed by atoms with Gasteiger partial charge in [0.2, 0.25) is 11.8 Å². The normalized spacial score (nSPS) is 20.6. The first-order chi connectivity index (χ1) is 16.9. The zero-order valence-electron chi connectivity index (χ0n) is 19.5. The van der Waals surface area contributed by atoms with Crippen LogP contribution in [0.15, 0.2) is 61.1 Å². The quantitative estimate of drug-likeness (QED) is 0.557. The summed E-state index contributed by atoms with van der Waals surface area (Å²) in [5.41, 5.74) is 2.85. The molecule has 2 amide bonds. The molecule has 3 aromatic rings. The highest BCUT2D eigenvalue weighted by atomic mass is 19.1. The third-order valence-corrected chi connectivity index (χ3v) is 6.75. The van der Waals surface area contributed by atoms with Crippen molar-refractivity contribution in [2.75, 3.05) is 6.54 Å². The molecule has 1 aliphatic heterocycles. The first-order valence-electron chi connectivity index (χ1n) is 12.0. The summed E-state index contributed by atoms with van der Waals surface area (Å²) in [6.07, 6.45) is 3.88. The molecular formula is C27H28F2N4O2. The van der Waals surface area contributed by atoms with Gasteiger partial charge in [-0.2, -0.15) is 0 Å². The van der Waals surface area contributed by atoms with Crippen molar-refractivity contribution < 1.29 is 18.4 Å². The second-order valence-corrected chi connectivity index (χ2v) is 9.49. The summed E-state index contributed by atoms with van der Waals surface area (Å²) in [5.74, 6) is -0.815. The molecule has 1 aliphatic carbocycles. The number of alkyl halides is 1. The van der Waals surface area contributed by atoms with Crippen molar-refractivity contribution in [1.29, 1.82) is 0 Å². The summed E-state index contributed by atoms with van der Waals surface area (Å²) in [6.45, 7) is 1.66. The Hall–Kier alpha value is -3.55. The molecule has 0 radical (unpaired) electrons. The first-order valence-corrected chi connectivity index (χ1v) is 12.0. The molecule has 2 aliphatic rings. The fourth-order valence-corrected chi connectivity index (χ4v) is 4.81. The molecule has 1 N–H and O–H groups in total. The molecule has 3 atom stereocenters. The molecule has 6 nitrogen and oxygen atoms in total. The Morgan fingerprint density at radius 3 is 2.57 bits per heavy atom. The van der Waals surface area contributed by atoms with E-state index in [1.807, 2.05) is 43.3 Å². The van der Waals surface area contributed by atoms with Gasteiger partial charge in [-0.15, -0.1) is 0 Å². The predicted molar refractivity (Wildman–Crippen MR) is 127 cm³/mol. The third-order valence-electron chi connectivity index (χ3n) is 6.75. The van der Waals surface area contributed by atoms with Crippen molar-refractivity contribution >= 4 is 11.8 Å². The fraction of sp³-hybridized carbons (Fsp3) is 0.370. The lowest BCUT2D eigenvalue weighted by Crippen LogP contribution is -2.47. The number of rotatable bonds is 7. The number of amides is 2. The topological polar surface area (TPSA) is 67.2 Å². The molecule has 1 aromatic heterocycles. The fourth-order valence-electron chi connectivity index (χ4n) is 4.81. The number of likely N-dealkylation sites (tertiary alicyclic amines) is 1. The van der Waals surface area contributed by atoms with Crippen LogP contribution in [0.4, 0.5) is 8.78 Å². The van der Waals surface area contributed by atoms with E-state index in [-0.39, 0.29) is 37.2 Å². The van der Waals surface area contributed by atoms with Crippen LogP contribution in [0.2, 0.25) is 0 Å². The van der Waals surface area contributed by atoms with E-state index in [1.54, 1.807) is 16.8 Å². The Balaban J connectivity index is 1.38. The van der Waals surface area contributed by atoms with Gasteiger partial charge in [0.1, 0.15) is 24.6 Å². The minimum absolute atomic E-state index is 0.0205. The van der Waals surface area contributed by atoms with Crippen LogP contribution < -0.4 is 5.32 Å². The van der Waals surface area contributed by atoms with Crippen LogP contribution in [0.5, 0.6) is 0 Å². The van der Waals surface area contributed by atoms with Gasteiger partial charge in [0.25, 0.3) is 0 Å². The number of nitrogens with zero attached hydrogens (tertiary/aromatic N) is 3. The highest BCUT2D eigenvalue weighted by molar-refractivity contribution is 5.89. The lowest BCUT2D eigenvalue weighted by molar-refractivity contribution is -0.139. The van der Waals surface area contributed by atoms with Gasteiger partial charge < -0.3 is 14.8 Å². The number of imidazole rings is 1. The zero-order chi connectivity index (χ0) is 24.5. The number of hydrogen-bond donors (Lipinski definition) is 1. The van der Waals surface area contributed by atoms with Gasteiger partial charge in [-0.1, -0.05) is 42.5 Å². The highest BCUT2D eigenvalue weighted by Crippen LogP contribution is 2.42. The Morgan fingerprint density at radius 1 is 1.14 bits per heavy atom. The molecule has 2 fully saturated rings. The van der Waals surface area contributed by atoms with Crippen LogP contribution >= 0.6 is 0 Å². The number of aryl methyl sites for hydroxylation is 1. The second-order valence-electron chi connectivity index (χ2n) is 9.49. The Bertz CT molecular complexity index is 1220. The van der Waals surface area contributed by atoms with Crippen molar-refractivity contribution in [1.82, 2.24) is 19.8 Å². The van der Waals surface area contributed by atoms with E-state index in [1.165, 1.54) is 17.3 Å². The Kier molecular flexibility index (Phi) is 6.36. The molecule has 0 bridgehead atoms. The number of carbonyl (C=O) groups is 2. The van der Waals surface area contributed by atoms with Gasteiger partial charge in [0.05, 0.1) is 24.6 Å². The molecule has 35 heavy (non-hydrogen) atoms. The molecular weight excluding hydrogens is 450 g/mol. The molecule has 2 aromatic carbocycles. The predicted octanol–water partition coefficient (Wildman–Crippen LogP) is 4.05. The molecule has 8 heteroatoms. The van der Waals surface area contributed by atoms with E-state index in [9.17, 15) is 18.4 Å². The van der Waals surface area contributed by atoms with Gasteiger partial charge in [-0.3, -0.25) is 9.59 Å². The average molecular weight is 479 g/mol. The summed E-state index contributed by atoms with van der Waals surface area (Å²) in [5, 5.41) is 2.97. The number of halogens is 2. The number of aromatic nitrogens is 2. The molecule has 0 unspecified atom stereocenters. The van der Waals surface area contributed by atoms with E-state index in [0.29, 0.717) is 11.1 Å². The summed E-state index contributed by atoms with van der Waals surface area (Å²) >= 11 is 0. The van der Waals surface area contributed by atoms with Crippen LogP contribution in [-0.4, -0.2) is 45.0 Å². The van der Waals surface area contributed by atoms with Crippen LogP contribution in [0.1, 0.15) is 53.6 Å². The number of hydrogen-bond acceptors (Lipinski definition) is 3. The molecule has 0 spiro atoms. The van der Waals surface area contributed by atoms with Gasteiger partial charge in [-0.25, -0.2) is 13.8 Å². The van der Waals surface area contributed by atoms with Gasteiger partial charge >= 0.3 is 0 Å². The molecule has 1 saturated heterocycles. The number of nitrogens with one attached hydrogen (secondary N) is 1. The van der Waals surface area contributed by atoms with E-state index in [0.717, 1.165) is 24.1 Å². The number of carbonyl (C=O) groups excluding carboxylic acids is 2. The highest BCUT2D eigenvalue weighted by Gasteiger charge is 2.40. The summed E-state index contributed by atoms with van der Waals surface area (Å²) in [4.78, 5) is 31.8. The monoisotopic (exact) mass is 478 g/mol. The van der Waals surface area contributed by atoms with Gasteiger partial charge in [0.15, 0.2) is 0 Å². The Morgan fingerprint density at radius 2 is 1.91 bits per heavy atom. The standard InChI is InChI=1S/C27H28F2N4O2/c1-17-13-32(16-30-17)15-25(34)33-14-21(28)12-24(33)27(35)31-26(19-5-3-2-4-6-19)20-9-10-22(18-7-8-18)23(29)11-20/h2-6,9-11,13,16,18,21,24,26H,7-8,12,14-15H2,1H3,(H,31,35)/t21-,24+,26+/m1/s1. The summed E-state index contributed by atoms with van der Waals surface area (Å²) in [7, 11) is 0. The Labute approximate surface area is 203 Å². The SMILES string of the molecule is Cc1cn(CC(=O)N2C[C@H](F)C[C@H]2C(=O)N[C@@H](c2ccccc2)c2ccc(C3CC3)c(F)c2)cn1. The minimum atomic E-state index is -1.29. The van der Waals surface area contributed by atoms with Crippen molar-refractivity contribution in [3.63, 3.8) is 0 Å². The second kappa shape index (κ2) is 9.60.